The molecular weight excluding hydrogens is 232 g/mol. The number of benzene rings is 1. The Bertz CT molecular complexity index is 472. The molecule has 0 amide bonds. The van der Waals surface area contributed by atoms with Gasteiger partial charge in [0, 0.05) is 25.2 Å². The number of rotatable bonds is 3. The van der Waals surface area contributed by atoms with E-state index < -0.39 is 0 Å². The van der Waals surface area contributed by atoms with E-state index in [0.29, 0.717) is 0 Å². The van der Waals surface area contributed by atoms with Crippen molar-refractivity contribution in [3.05, 3.63) is 35.4 Å². The lowest BCUT2D eigenvalue weighted by atomic mass is 9.80. The summed E-state index contributed by atoms with van der Waals surface area (Å²) in [6, 6.07) is 9.04. The molecule has 1 heterocycles. The normalized spacial score (nSPS) is 29.6. The van der Waals surface area contributed by atoms with Crippen molar-refractivity contribution < 1.29 is 0 Å². The van der Waals surface area contributed by atoms with Crippen molar-refractivity contribution in [2.45, 2.75) is 43.6 Å². The van der Waals surface area contributed by atoms with Gasteiger partial charge in [-0.15, -0.1) is 0 Å². The summed E-state index contributed by atoms with van der Waals surface area (Å²) in [5.74, 6) is 1.58. The molecular formula is C17H24N2. The van der Waals surface area contributed by atoms with Gasteiger partial charge in [-0.2, -0.15) is 0 Å². The van der Waals surface area contributed by atoms with Gasteiger partial charge in [-0.1, -0.05) is 24.3 Å². The van der Waals surface area contributed by atoms with Crippen LogP contribution in [0.4, 0.5) is 0 Å². The van der Waals surface area contributed by atoms with Gasteiger partial charge in [-0.05, 0) is 55.1 Å². The van der Waals surface area contributed by atoms with Crippen molar-refractivity contribution in [1.29, 1.82) is 0 Å². The molecule has 1 unspecified atom stereocenters. The lowest BCUT2D eigenvalue weighted by molar-refractivity contribution is 0.0475. The van der Waals surface area contributed by atoms with E-state index in [-0.39, 0.29) is 5.54 Å². The minimum Gasteiger partial charge on any atom is -0.323 e. The van der Waals surface area contributed by atoms with Gasteiger partial charge in [0.25, 0.3) is 0 Å². The van der Waals surface area contributed by atoms with Gasteiger partial charge in [0.15, 0.2) is 0 Å². The average Bonchev–Trinajstić information content (AvgIpc) is 3.22. The number of likely N-dealkylation sites (tertiary alicyclic amines) is 1. The first-order chi connectivity index (χ1) is 9.24. The van der Waals surface area contributed by atoms with Crippen molar-refractivity contribution in [1.82, 2.24) is 4.90 Å². The molecule has 2 aliphatic carbocycles. The lowest BCUT2D eigenvalue weighted by Gasteiger charge is -2.50. The Kier molecular flexibility index (Phi) is 2.71. The summed E-state index contributed by atoms with van der Waals surface area (Å²) in [5.41, 5.74) is 9.82. The van der Waals surface area contributed by atoms with Crippen LogP contribution in [0.1, 0.15) is 42.7 Å². The molecule has 19 heavy (non-hydrogen) atoms. The molecule has 2 nitrogen and oxygen atoms in total. The van der Waals surface area contributed by atoms with E-state index >= 15 is 0 Å². The Labute approximate surface area is 116 Å². The first-order valence-corrected chi connectivity index (χ1v) is 7.84. The first kappa shape index (κ1) is 11.9. The van der Waals surface area contributed by atoms with Crippen LogP contribution in [0.5, 0.6) is 0 Å². The van der Waals surface area contributed by atoms with E-state index in [9.17, 15) is 0 Å². The van der Waals surface area contributed by atoms with Gasteiger partial charge in [0.1, 0.15) is 0 Å². The summed E-state index contributed by atoms with van der Waals surface area (Å²) in [7, 11) is 0. The molecule has 2 fully saturated rings. The van der Waals surface area contributed by atoms with E-state index in [1.165, 1.54) is 38.6 Å². The van der Waals surface area contributed by atoms with Gasteiger partial charge in [-0.25, -0.2) is 0 Å². The van der Waals surface area contributed by atoms with Crippen LogP contribution < -0.4 is 5.73 Å². The van der Waals surface area contributed by atoms with Crippen molar-refractivity contribution in [3.8, 4) is 0 Å². The number of hydrogen-bond donors (Lipinski definition) is 1. The zero-order chi connectivity index (χ0) is 12.9. The van der Waals surface area contributed by atoms with Crippen molar-refractivity contribution in [2.75, 3.05) is 19.6 Å². The highest BCUT2D eigenvalue weighted by Gasteiger charge is 2.50. The highest BCUT2D eigenvalue weighted by molar-refractivity contribution is 5.33. The quantitative estimate of drug-likeness (QED) is 0.900. The topological polar surface area (TPSA) is 29.3 Å². The molecule has 0 radical (unpaired) electrons. The van der Waals surface area contributed by atoms with Gasteiger partial charge in [0.2, 0.25) is 0 Å². The Morgan fingerprint density at radius 3 is 2.74 bits per heavy atom. The number of nitrogens with zero attached hydrogens (tertiary/aromatic N) is 1. The Balaban J connectivity index is 1.42. The van der Waals surface area contributed by atoms with Crippen LogP contribution in [0.3, 0.4) is 0 Å². The predicted octanol–water partition coefficient (Wildman–Crippen LogP) is 2.53. The van der Waals surface area contributed by atoms with E-state index in [1.807, 2.05) is 0 Å². The van der Waals surface area contributed by atoms with Crippen molar-refractivity contribution in [3.63, 3.8) is 0 Å². The van der Waals surface area contributed by atoms with Gasteiger partial charge < -0.3 is 5.73 Å². The SMILES string of the molecule is NC1(C2CC2)CN(CC2CCCc3ccccc32)C1. The predicted molar refractivity (Wildman–Crippen MR) is 78.2 cm³/mol. The molecule has 1 saturated heterocycles. The van der Waals surface area contributed by atoms with Crippen LogP contribution in [0.25, 0.3) is 0 Å². The molecule has 0 spiro atoms. The number of fused-ring (bicyclic) bond motifs is 1. The second-order valence-electron chi connectivity index (χ2n) is 6.97. The zero-order valence-corrected chi connectivity index (χ0v) is 11.6. The number of hydrogen-bond acceptors (Lipinski definition) is 2. The fraction of sp³-hybridized carbons (Fsp3) is 0.647. The maximum Gasteiger partial charge on any atom is 0.0440 e. The van der Waals surface area contributed by atoms with E-state index in [4.69, 9.17) is 5.73 Å². The fourth-order valence-electron chi connectivity index (χ4n) is 4.19. The van der Waals surface area contributed by atoms with Crippen LogP contribution in [0.2, 0.25) is 0 Å². The smallest absolute Gasteiger partial charge is 0.0440 e. The third-order valence-electron chi connectivity index (χ3n) is 5.40. The minimum absolute atomic E-state index is 0.175. The zero-order valence-electron chi connectivity index (χ0n) is 11.6. The molecule has 1 aromatic carbocycles. The lowest BCUT2D eigenvalue weighted by Crippen LogP contribution is -2.69. The molecule has 2 N–H and O–H groups in total. The molecule has 4 rings (SSSR count). The Morgan fingerprint density at radius 1 is 1.16 bits per heavy atom. The Hall–Kier alpha value is -0.860. The summed E-state index contributed by atoms with van der Waals surface area (Å²) >= 11 is 0. The molecule has 1 saturated carbocycles. The first-order valence-electron chi connectivity index (χ1n) is 7.84. The molecule has 1 aliphatic heterocycles. The Morgan fingerprint density at radius 2 is 1.95 bits per heavy atom. The molecule has 102 valence electrons. The number of aryl methyl sites for hydroxylation is 1. The monoisotopic (exact) mass is 256 g/mol. The highest BCUT2D eigenvalue weighted by Crippen LogP contribution is 2.44. The maximum atomic E-state index is 6.46. The van der Waals surface area contributed by atoms with E-state index in [2.05, 4.69) is 29.2 Å². The van der Waals surface area contributed by atoms with Gasteiger partial charge in [0.05, 0.1) is 0 Å². The maximum absolute atomic E-state index is 6.46. The molecule has 1 atom stereocenters. The summed E-state index contributed by atoms with van der Waals surface area (Å²) in [6.07, 6.45) is 6.73. The molecule has 2 heteroatoms. The second-order valence-corrected chi connectivity index (χ2v) is 6.97. The average molecular weight is 256 g/mol. The fourth-order valence-corrected chi connectivity index (χ4v) is 4.19. The molecule has 3 aliphatic rings. The minimum atomic E-state index is 0.175. The molecule has 1 aromatic rings. The summed E-state index contributed by atoms with van der Waals surface area (Å²) < 4.78 is 0. The van der Waals surface area contributed by atoms with Gasteiger partial charge >= 0.3 is 0 Å². The van der Waals surface area contributed by atoms with Crippen molar-refractivity contribution in [2.24, 2.45) is 11.7 Å². The van der Waals surface area contributed by atoms with Gasteiger partial charge in [-0.3, -0.25) is 4.90 Å². The van der Waals surface area contributed by atoms with Crippen LogP contribution >= 0.6 is 0 Å². The standard InChI is InChI=1S/C17H24N2/c18-17(15-8-9-15)11-19(12-17)10-14-6-3-5-13-4-1-2-7-16(13)14/h1-2,4,7,14-15H,3,5-6,8-12,18H2. The second kappa shape index (κ2) is 4.32. The summed E-state index contributed by atoms with van der Waals surface area (Å²) in [5, 5.41) is 0. The van der Waals surface area contributed by atoms with E-state index in [1.54, 1.807) is 11.1 Å². The number of nitrogens with two attached hydrogens (primary N) is 1. The largest absolute Gasteiger partial charge is 0.323 e. The van der Waals surface area contributed by atoms with Crippen LogP contribution in [-0.2, 0) is 6.42 Å². The van der Waals surface area contributed by atoms with Crippen molar-refractivity contribution >= 4 is 0 Å². The third-order valence-corrected chi connectivity index (χ3v) is 5.40. The van der Waals surface area contributed by atoms with Crippen LogP contribution in [0.15, 0.2) is 24.3 Å². The molecule has 0 bridgehead atoms. The van der Waals surface area contributed by atoms with Crippen LogP contribution in [0, 0.1) is 5.92 Å². The molecule has 0 aromatic heterocycles. The highest BCUT2D eigenvalue weighted by atomic mass is 15.3. The summed E-state index contributed by atoms with van der Waals surface area (Å²) in [6.45, 7) is 3.50. The third kappa shape index (κ3) is 2.11. The summed E-state index contributed by atoms with van der Waals surface area (Å²) in [4.78, 5) is 2.59. The van der Waals surface area contributed by atoms with Crippen LogP contribution in [-0.4, -0.2) is 30.1 Å². The van der Waals surface area contributed by atoms with E-state index in [0.717, 1.165) is 24.9 Å².